The minimum Gasteiger partial charge on any atom is -0.492 e. The summed E-state index contributed by atoms with van der Waals surface area (Å²) in [6.07, 6.45) is 2.34. The molecule has 1 N–H and O–H groups in total. The molecule has 1 heterocycles. The van der Waals surface area contributed by atoms with Crippen LogP contribution in [0.5, 0.6) is 5.75 Å². The van der Waals surface area contributed by atoms with Gasteiger partial charge >= 0.3 is 0 Å². The molecule has 0 saturated heterocycles. The third-order valence-electron chi connectivity index (χ3n) is 2.79. The highest BCUT2D eigenvalue weighted by molar-refractivity contribution is 5.29. The van der Waals surface area contributed by atoms with Crippen molar-refractivity contribution in [3.8, 4) is 11.8 Å². The van der Waals surface area contributed by atoms with Crippen molar-refractivity contribution in [3.05, 3.63) is 23.5 Å². The number of unbranched alkanes of at least 4 members (excludes halogenated alkanes) is 2. The van der Waals surface area contributed by atoms with Gasteiger partial charge in [-0.2, -0.15) is 5.26 Å². The second-order valence-corrected chi connectivity index (χ2v) is 4.53. The Morgan fingerprint density at radius 1 is 1.30 bits per heavy atom. The van der Waals surface area contributed by atoms with E-state index in [4.69, 9.17) is 14.7 Å². The second kappa shape index (κ2) is 10.2. The number of hydrogen-bond acceptors (Lipinski definition) is 5. The molecule has 0 unspecified atom stereocenters. The maximum absolute atomic E-state index is 8.48. The number of nitriles is 1. The third kappa shape index (κ3) is 6.50. The predicted octanol–water partition coefficient (Wildman–Crippen LogP) is 2.20. The van der Waals surface area contributed by atoms with Gasteiger partial charge in [0, 0.05) is 32.3 Å². The lowest BCUT2D eigenvalue weighted by Crippen LogP contribution is -2.20. The van der Waals surface area contributed by atoms with Crippen LogP contribution < -0.4 is 10.1 Å². The van der Waals surface area contributed by atoms with E-state index in [1.54, 1.807) is 7.11 Å². The van der Waals surface area contributed by atoms with Crippen molar-refractivity contribution in [3.63, 3.8) is 0 Å². The van der Waals surface area contributed by atoms with Gasteiger partial charge in [-0.25, -0.2) is 0 Å². The molecule has 5 heteroatoms. The van der Waals surface area contributed by atoms with E-state index >= 15 is 0 Å². The summed E-state index contributed by atoms with van der Waals surface area (Å²) in [6, 6.07) is 6.04. The molecular formula is C15H23N3O2. The molecule has 0 bridgehead atoms. The van der Waals surface area contributed by atoms with Gasteiger partial charge in [0.1, 0.15) is 5.75 Å². The van der Waals surface area contributed by atoms with E-state index in [0.717, 1.165) is 36.5 Å². The Kier molecular flexibility index (Phi) is 8.36. The zero-order valence-corrected chi connectivity index (χ0v) is 12.3. The summed E-state index contributed by atoms with van der Waals surface area (Å²) >= 11 is 0. The molecule has 1 aromatic rings. The lowest BCUT2D eigenvalue weighted by Gasteiger charge is -2.12. The highest BCUT2D eigenvalue weighted by Crippen LogP contribution is 2.17. The van der Waals surface area contributed by atoms with Crippen molar-refractivity contribution in [1.82, 2.24) is 10.3 Å². The fourth-order valence-corrected chi connectivity index (χ4v) is 1.73. The number of nitrogens with one attached hydrogen (secondary N) is 1. The Morgan fingerprint density at radius 3 is 2.90 bits per heavy atom. The topological polar surface area (TPSA) is 67.2 Å². The molecule has 0 spiro atoms. The van der Waals surface area contributed by atoms with Gasteiger partial charge < -0.3 is 14.8 Å². The van der Waals surface area contributed by atoms with Crippen LogP contribution in [0.1, 0.15) is 30.7 Å². The molecule has 0 amide bonds. The summed E-state index contributed by atoms with van der Waals surface area (Å²) < 4.78 is 10.7. The molecule has 1 aromatic heterocycles. The number of ether oxygens (including phenoxy) is 2. The summed E-state index contributed by atoms with van der Waals surface area (Å²) in [5.41, 5.74) is 1.90. The Bertz CT molecular complexity index is 430. The summed E-state index contributed by atoms with van der Waals surface area (Å²) in [7, 11) is 1.68. The Labute approximate surface area is 120 Å². The van der Waals surface area contributed by atoms with Gasteiger partial charge in [0.2, 0.25) is 0 Å². The number of pyridine rings is 1. The largest absolute Gasteiger partial charge is 0.492 e. The van der Waals surface area contributed by atoms with E-state index in [1.165, 1.54) is 0 Å². The molecule has 0 atom stereocenters. The lowest BCUT2D eigenvalue weighted by molar-refractivity contribution is 0.199. The quantitative estimate of drug-likeness (QED) is 0.664. The first-order chi connectivity index (χ1) is 9.77. The first-order valence-electron chi connectivity index (χ1n) is 6.94. The Hall–Kier alpha value is -1.64. The van der Waals surface area contributed by atoms with Crippen LogP contribution in [0.15, 0.2) is 12.1 Å². The van der Waals surface area contributed by atoms with Gasteiger partial charge in [-0.3, -0.25) is 4.98 Å². The van der Waals surface area contributed by atoms with E-state index in [9.17, 15) is 0 Å². The van der Waals surface area contributed by atoms with Crippen LogP contribution in [0.3, 0.4) is 0 Å². The number of aryl methyl sites for hydroxylation is 1. The van der Waals surface area contributed by atoms with E-state index < -0.39 is 0 Å². The SMILES string of the molecule is COCCNCc1nc(C)ccc1OCCCCC#N. The summed E-state index contributed by atoms with van der Waals surface area (Å²) in [5.74, 6) is 0.817. The molecule has 1 rings (SSSR count). The molecule has 5 nitrogen and oxygen atoms in total. The number of methoxy groups -OCH3 is 1. The highest BCUT2D eigenvalue weighted by Gasteiger charge is 2.05. The third-order valence-corrected chi connectivity index (χ3v) is 2.79. The molecule has 110 valence electrons. The molecule has 0 aliphatic carbocycles. The molecule has 0 radical (unpaired) electrons. The first kappa shape index (κ1) is 16.4. The van der Waals surface area contributed by atoms with Gasteiger partial charge in [0.25, 0.3) is 0 Å². The van der Waals surface area contributed by atoms with Crippen LogP contribution in [-0.2, 0) is 11.3 Å². The molecule has 0 aliphatic heterocycles. The van der Waals surface area contributed by atoms with Gasteiger partial charge in [-0.15, -0.1) is 0 Å². The fraction of sp³-hybridized carbons (Fsp3) is 0.600. The van der Waals surface area contributed by atoms with Crippen LogP contribution in [-0.4, -0.2) is 31.9 Å². The van der Waals surface area contributed by atoms with Gasteiger partial charge in [0.15, 0.2) is 0 Å². The van der Waals surface area contributed by atoms with Gasteiger partial charge in [0.05, 0.1) is 25.0 Å². The monoisotopic (exact) mass is 277 g/mol. The van der Waals surface area contributed by atoms with Crippen LogP contribution >= 0.6 is 0 Å². The lowest BCUT2D eigenvalue weighted by atomic mass is 10.2. The standard InChI is InChI=1S/C15H23N3O2/c1-13-6-7-15(20-10-5-3-4-8-16)14(18-13)12-17-9-11-19-2/h6-7,17H,3-5,9-12H2,1-2H3. The van der Waals surface area contributed by atoms with E-state index in [0.29, 0.717) is 26.2 Å². The minimum absolute atomic E-state index is 0.584. The highest BCUT2D eigenvalue weighted by atomic mass is 16.5. The summed E-state index contributed by atoms with van der Waals surface area (Å²) in [6.45, 7) is 4.72. The van der Waals surface area contributed by atoms with Crippen molar-refractivity contribution >= 4 is 0 Å². The molecule has 0 fully saturated rings. The average molecular weight is 277 g/mol. The molecule has 0 aliphatic rings. The van der Waals surface area contributed by atoms with Crippen LogP contribution in [0.25, 0.3) is 0 Å². The Balaban J connectivity index is 2.45. The van der Waals surface area contributed by atoms with E-state index in [-0.39, 0.29) is 0 Å². The number of rotatable bonds is 10. The van der Waals surface area contributed by atoms with Crippen molar-refractivity contribution < 1.29 is 9.47 Å². The maximum atomic E-state index is 8.48. The number of nitrogens with zero attached hydrogens (tertiary/aromatic N) is 2. The smallest absolute Gasteiger partial charge is 0.142 e. The zero-order chi connectivity index (χ0) is 14.6. The molecule has 20 heavy (non-hydrogen) atoms. The van der Waals surface area contributed by atoms with Gasteiger partial charge in [-0.1, -0.05) is 0 Å². The average Bonchev–Trinajstić information content (AvgIpc) is 2.45. The maximum Gasteiger partial charge on any atom is 0.142 e. The molecular weight excluding hydrogens is 254 g/mol. The van der Waals surface area contributed by atoms with Crippen molar-refractivity contribution in [2.45, 2.75) is 32.7 Å². The minimum atomic E-state index is 0.584. The fourth-order valence-electron chi connectivity index (χ4n) is 1.73. The van der Waals surface area contributed by atoms with Crippen LogP contribution in [0, 0.1) is 18.3 Å². The summed E-state index contributed by atoms with van der Waals surface area (Å²) in [5, 5.41) is 11.7. The van der Waals surface area contributed by atoms with E-state index in [2.05, 4.69) is 16.4 Å². The number of hydrogen-bond donors (Lipinski definition) is 1. The van der Waals surface area contributed by atoms with Crippen LogP contribution in [0.2, 0.25) is 0 Å². The van der Waals surface area contributed by atoms with Crippen LogP contribution in [0.4, 0.5) is 0 Å². The summed E-state index contributed by atoms with van der Waals surface area (Å²) in [4.78, 5) is 4.51. The molecule has 0 aromatic carbocycles. The first-order valence-corrected chi connectivity index (χ1v) is 6.94. The van der Waals surface area contributed by atoms with Crippen molar-refractivity contribution in [1.29, 1.82) is 5.26 Å². The molecule has 0 saturated carbocycles. The predicted molar refractivity (Wildman–Crippen MR) is 77.5 cm³/mol. The van der Waals surface area contributed by atoms with Crippen molar-refractivity contribution in [2.24, 2.45) is 0 Å². The number of aromatic nitrogens is 1. The van der Waals surface area contributed by atoms with E-state index in [1.807, 2.05) is 19.1 Å². The zero-order valence-electron chi connectivity index (χ0n) is 12.3. The normalized spacial score (nSPS) is 10.2. The second-order valence-electron chi connectivity index (χ2n) is 4.53. The van der Waals surface area contributed by atoms with Gasteiger partial charge in [-0.05, 0) is 31.9 Å². The van der Waals surface area contributed by atoms with Crippen molar-refractivity contribution in [2.75, 3.05) is 26.9 Å². The Morgan fingerprint density at radius 2 is 2.15 bits per heavy atom.